The van der Waals surface area contributed by atoms with Gasteiger partial charge in [0, 0.05) is 43.7 Å². The summed E-state index contributed by atoms with van der Waals surface area (Å²) in [5.41, 5.74) is 11.1. The topological polar surface area (TPSA) is 23.0 Å². The maximum Gasteiger partial charge on any atom is 0.179 e. The molecule has 0 aliphatic rings. The minimum absolute atomic E-state index is 0.902. The Balaban J connectivity index is 1.02. The molecule has 4 heteroatoms. The van der Waals surface area contributed by atoms with Gasteiger partial charge in [0.05, 0.1) is 22.1 Å². The van der Waals surface area contributed by atoms with E-state index in [1.54, 1.807) is 0 Å². The second kappa shape index (κ2) is 14.5. The first-order valence-corrected chi connectivity index (χ1v) is 24.0. The van der Waals surface area contributed by atoms with E-state index in [2.05, 4.69) is 246 Å². The van der Waals surface area contributed by atoms with E-state index in [4.69, 9.17) is 4.42 Å². The number of rotatable bonds is 7. The number of fused-ring (bicyclic) bond motifs is 9. The van der Waals surface area contributed by atoms with E-state index in [1.165, 1.54) is 69.9 Å². The molecule has 300 valence electrons. The molecule has 0 atom stereocenters. The van der Waals surface area contributed by atoms with Gasteiger partial charge in [-0.3, -0.25) is 0 Å². The van der Waals surface area contributed by atoms with Crippen LogP contribution in [0.3, 0.4) is 0 Å². The van der Waals surface area contributed by atoms with Gasteiger partial charge in [0.15, 0.2) is 8.07 Å². The fraction of sp³-hybridized carbons (Fsp3) is 0. The predicted molar refractivity (Wildman–Crippen MR) is 271 cm³/mol. The van der Waals surface area contributed by atoms with Gasteiger partial charge in [-0.25, -0.2) is 0 Å². The van der Waals surface area contributed by atoms with E-state index in [0.29, 0.717) is 0 Å². The van der Waals surface area contributed by atoms with Crippen molar-refractivity contribution in [3.63, 3.8) is 0 Å². The van der Waals surface area contributed by atoms with Gasteiger partial charge in [0.25, 0.3) is 0 Å². The van der Waals surface area contributed by atoms with Crippen LogP contribution < -0.4 is 20.7 Å². The smallest absolute Gasteiger partial charge is 0.179 e. The zero-order valence-electron chi connectivity index (χ0n) is 34.9. The fourth-order valence-corrected chi connectivity index (χ4v) is 15.5. The summed E-state index contributed by atoms with van der Waals surface area (Å²) in [6, 6.07) is 89.2. The molecule has 3 aromatic heterocycles. The zero-order chi connectivity index (χ0) is 42.2. The molecular formula is C60H40N2OSi. The number of nitrogens with zero attached hydrogens (tertiary/aromatic N) is 2. The summed E-state index contributed by atoms with van der Waals surface area (Å²) in [4.78, 5) is 0. The molecule has 0 spiro atoms. The largest absolute Gasteiger partial charge is 0.456 e. The number of aromatic nitrogens is 2. The highest BCUT2D eigenvalue weighted by Gasteiger charge is 2.41. The van der Waals surface area contributed by atoms with Gasteiger partial charge in [-0.1, -0.05) is 188 Å². The summed E-state index contributed by atoms with van der Waals surface area (Å²) in [5, 5.41) is 12.6. The Labute approximate surface area is 371 Å². The minimum atomic E-state index is -2.68. The van der Waals surface area contributed by atoms with Crippen molar-refractivity contribution < 1.29 is 4.42 Å². The summed E-state index contributed by atoms with van der Waals surface area (Å²) in [5.74, 6) is 0. The number of para-hydroxylation sites is 3. The van der Waals surface area contributed by atoms with E-state index < -0.39 is 8.07 Å². The van der Waals surface area contributed by atoms with Crippen LogP contribution in [-0.4, -0.2) is 17.2 Å². The van der Waals surface area contributed by atoms with Gasteiger partial charge >= 0.3 is 0 Å². The van der Waals surface area contributed by atoms with Crippen LogP contribution in [0.1, 0.15) is 0 Å². The van der Waals surface area contributed by atoms with Crippen LogP contribution in [0.5, 0.6) is 0 Å². The molecule has 0 saturated carbocycles. The molecule has 13 aromatic rings. The Hall–Kier alpha value is -8.18. The van der Waals surface area contributed by atoms with E-state index in [-0.39, 0.29) is 0 Å². The SMILES string of the molecule is c1ccc([Si](c2ccccc2)(c2ccccc2)c2ccc(-n3c4ccccc4c4ccc(-n5c6ccccc6c6ccc(-c7cccc8oc9ccccc9c78)cc65)cc43)cc2)cc1. The van der Waals surface area contributed by atoms with E-state index in [9.17, 15) is 0 Å². The Morgan fingerprint density at radius 3 is 1.38 bits per heavy atom. The normalized spacial score (nSPS) is 12.1. The highest BCUT2D eigenvalue weighted by Crippen LogP contribution is 2.41. The van der Waals surface area contributed by atoms with Crippen LogP contribution in [0, 0.1) is 0 Å². The zero-order valence-corrected chi connectivity index (χ0v) is 35.9. The molecule has 0 bridgehead atoms. The van der Waals surface area contributed by atoms with Crippen molar-refractivity contribution in [1.82, 2.24) is 9.13 Å². The average molecular weight is 833 g/mol. The maximum absolute atomic E-state index is 6.33. The van der Waals surface area contributed by atoms with Crippen molar-refractivity contribution >= 4 is 94.4 Å². The summed E-state index contributed by atoms with van der Waals surface area (Å²) in [6.07, 6.45) is 0. The average Bonchev–Trinajstić information content (AvgIpc) is 4.03. The fourth-order valence-electron chi connectivity index (χ4n) is 10.7. The van der Waals surface area contributed by atoms with Crippen LogP contribution in [0.25, 0.3) is 88.1 Å². The highest BCUT2D eigenvalue weighted by atomic mass is 28.3. The molecule has 13 rings (SSSR count). The van der Waals surface area contributed by atoms with Crippen LogP contribution in [0.4, 0.5) is 0 Å². The van der Waals surface area contributed by atoms with Crippen LogP contribution in [0.15, 0.2) is 247 Å². The van der Waals surface area contributed by atoms with Crippen molar-refractivity contribution in [3.8, 4) is 22.5 Å². The molecule has 0 aliphatic heterocycles. The summed E-state index contributed by atoms with van der Waals surface area (Å²) in [7, 11) is -2.68. The van der Waals surface area contributed by atoms with Crippen LogP contribution >= 0.6 is 0 Å². The van der Waals surface area contributed by atoms with Crippen molar-refractivity contribution in [2.75, 3.05) is 0 Å². The van der Waals surface area contributed by atoms with Gasteiger partial charge in [0.1, 0.15) is 11.2 Å². The first kappa shape index (κ1) is 36.5. The number of hydrogen-bond donors (Lipinski definition) is 0. The number of benzene rings is 10. The van der Waals surface area contributed by atoms with E-state index >= 15 is 0 Å². The molecular weight excluding hydrogens is 793 g/mol. The third-order valence-corrected chi connectivity index (χ3v) is 18.3. The van der Waals surface area contributed by atoms with Crippen LogP contribution in [-0.2, 0) is 0 Å². The van der Waals surface area contributed by atoms with Gasteiger partial charge in [-0.15, -0.1) is 0 Å². The van der Waals surface area contributed by atoms with E-state index in [0.717, 1.165) is 38.9 Å². The Bertz CT molecular complexity index is 3790. The Morgan fingerprint density at radius 2 is 0.750 bits per heavy atom. The van der Waals surface area contributed by atoms with Crippen molar-refractivity contribution in [2.45, 2.75) is 0 Å². The Morgan fingerprint density at radius 1 is 0.297 bits per heavy atom. The summed E-state index contributed by atoms with van der Waals surface area (Å²) in [6.45, 7) is 0. The van der Waals surface area contributed by atoms with E-state index in [1.807, 2.05) is 6.07 Å². The number of furan rings is 1. The summed E-state index contributed by atoms with van der Waals surface area (Å²) < 4.78 is 11.2. The van der Waals surface area contributed by atoms with Crippen molar-refractivity contribution in [3.05, 3.63) is 243 Å². The standard InChI is InChI=1S/C60H40N2OSi/c1-4-17-44(18-5-1)64(45-19-6-2-7-20-45,46-21-8-3-9-22-46)47-35-32-42(33-36-47)61-54-27-13-10-24-50(54)52-38-34-43(40-57(52)61)62-55-28-14-11-23-49(55)51-37-31-41(39-56(51)62)48-26-16-30-59-60(48)53-25-12-15-29-58(53)63-59/h1-40H. The molecule has 0 fully saturated rings. The quantitative estimate of drug-likeness (QED) is 0.116. The molecule has 10 aromatic carbocycles. The lowest BCUT2D eigenvalue weighted by Crippen LogP contribution is -2.74. The minimum Gasteiger partial charge on any atom is -0.456 e. The highest BCUT2D eigenvalue weighted by molar-refractivity contribution is 7.19. The molecule has 0 saturated heterocycles. The molecule has 3 heterocycles. The molecule has 0 unspecified atom stereocenters. The monoisotopic (exact) mass is 832 g/mol. The first-order chi connectivity index (χ1) is 31.8. The van der Waals surface area contributed by atoms with Gasteiger partial charge in [-0.05, 0) is 86.5 Å². The molecule has 0 amide bonds. The predicted octanol–water partition coefficient (Wildman–Crippen LogP) is 12.8. The number of hydrogen-bond acceptors (Lipinski definition) is 1. The molecule has 0 radical (unpaired) electrons. The lowest BCUT2D eigenvalue weighted by Gasteiger charge is -2.34. The lowest BCUT2D eigenvalue weighted by molar-refractivity contribution is 0.669. The summed E-state index contributed by atoms with van der Waals surface area (Å²) >= 11 is 0. The van der Waals surface area contributed by atoms with Gasteiger partial charge in [0.2, 0.25) is 0 Å². The molecule has 0 aliphatic carbocycles. The van der Waals surface area contributed by atoms with Crippen molar-refractivity contribution in [2.24, 2.45) is 0 Å². The molecule has 64 heavy (non-hydrogen) atoms. The second-order valence-electron chi connectivity index (χ2n) is 16.8. The Kier molecular flexibility index (Phi) is 8.23. The second-order valence-corrected chi connectivity index (χ2v) is 20.6. The first-order valence-electron chi connectivity index (χ1n) is 22.0. The van der Waals surface area contributed by atoms with Crippen molar-refractivity contribution in [1.29, 1.82) is 0 Å². The van der Waals surface area contributed by atoms with Gasteiger partial charge < -0.3 is 13.6 Å². The molecule has 0 N–H and O–H groups in total. The third kappa shape index (κ3) is 5.39. The lowest BCUT2D eigenvalue weighted by atomic mass is 9.98. The van der Waals surface area contributed by atoms with Crippen LogP contribution in [0.2, 0.25) is 0 Å². The third-order valence-electron chi connectivity index (χ3n) is 13.5. The maximum atomic E-state index is 6.33. The molecule has 3 nitrogen and oxygen atoms in total. The van der Waals surface area contributed by atoms with Gasteiger partial charge in [-0.2, -0.15) is 0 Å².